The highest BCUT2D eigenvalue weighted by Crippen LogP contribution is 2.18. The van der Waals surface area contributed by atoms with Gasteiger partial charge in [0.2, 0.25) is 0 Å². The molecule has 1 aromatic rings. The molecule has 2 rings (SSSR count). The third kappa shape index (κ3) is 3.07. The van der Waals surface area contributed by atoms with Crippen molar-refractivity contribution < 1.29 is 9.63 Å². The van der Waals surface area contributed by atoms with Crippen LogP contribution in [0.1, 0.15) is 32.1 Å². The Bertz CT molecular complexity index is 337. The number of rotatable bonds is 3. The SMILES string of the molecule is O=C1CCCCCC1ONc1ccccc1. The first-order valence-electron chi connectivity index (χ1n) is 5.86. The average Bonchev–Trinajstić information content (AvgIpc) is 2.53. The van der Waals surface area contributed by atoms with Gasteiger partial charge in [0.15, 0.2) is 5.78 Å². The fourth-order valence-electron chi connectivity index (χ4n) is 1.90. The summed E-state index contributed by atoms with van der Waals surface area (Å²) in [4.78, 5) is 17.1. The Balaban J connectivity index is 1.86. The number of para-hydroxylation sites is 1. The molecule has 0 heterocycles. The molecule has 0 aromatic heterocycles. The van der Waals surface area contributed by atoms with Crippen LogP contribution in [0.2, 0.25) is 0 Å². The Labute approximate surface area is 95.8 Å². The Morgan fingerprint density at radius 1 is 1.12 bits per heavy atom. The van der Waals surface area contributed by atoms with Crippen molar-refractivity contribution in [3.8, 4) is 0 Å². The van der Waals surface area contributed by atoms with Gasteiger partial charge in [0.05, 0.1) is 5.69 Å². The molecule has 0 spiro atoms. The van der Waals surface area contributed by atoms with Crippen molar-refractivity contribution >= 4 is 11.5 Å². The van der Waals surface area contributed by atoms with Crippen LogP contribution in [0.3, 0.4) is 0 Å². The van der Waals surface area contributed by atoms with E-state index in [0.29, 0.717) is 6.42 Å². The highest BCUT2D eigenvalue weighted by molar-refractivity contribution is 5.83. The summed E-state index contributed by atoms with van der Waals surface area (Å²) in [6, 6.07) is 9.64. The average molecular weight is 219 g/mol. The van der Waals surface area contributed by atoms with Gasteiger partial charge in [-0.2, -0.15) is 0 Å². The third-order valence-corrected chi connectivity index (χ3v) is 2.84. The minimum absolute atomic E-state index is 0.223. The molecule has 0 bridgehead atoms. The summed E-state index contributed by atoms with van der Waals surface area (Å²) in [5.41, 5.74) is 3.74. The van der Waals surface area contributed by atoms with Gasteiger partial charge in [0.1, 0.15) is 6.10 Å². The van der Waals surface area contributed by atoms with E-state index in [9.17, 15) is 4.79 Å². The van der Waals surface area contributed by atoms with Gasteiger partial charge in [-0.05, 0) is 25.0 Å². The van der Waals surface area contributed by atoms with E-state index in [4.69, 9.17) is 4.84 Å². The van der Waals surface area contributed by atoms with Gasteiger partial charge in [0.25, 0.3) is 0 Å². The minimum Gasteiger partial charge on any atom is -0.297 e. The lowest BCUT2D eigenvalue weighted by Gasteiger charge is -2.14. The summed E-state index contributed by atoms with van der Waals surface area (Å²) in [6.07, 6.45) is 4.43. The lowest BCUT2D eigenvalue weighted by atomic mass is 10.1. The van der Waals surface area contributed by atoms with Crippen molar-refractivity contribution in [3.63, 3.8) is 0 Å². The zero-order valence-corrected chi connectivity index (χ0v) is 9.32. The maximum atomic E-state index is 11.7. The van der Waals surface area contributed by atoms with Crippen LogP contribution < -0.4 is 5.48 Å². The number of anilines is 1. The Morgan fingerprint density at radius 3 is 2.75 bits per heavy atom. The second-order valence-corrected chi connectivity index (χ2v) is 4.14. The van der Waals surface area contributed by atoms with Crippen LogP contribution in [-0.4, -0.2) is 11.9 Å². The van der Waals surface area contributed by atoms with E-state index in [1.54, 1.807) is 0 Å². The van der Waals surface area contributed by atoms with Crippen LogP contribution in [0.5, 0.6) is 0 Å². The van der Waals surface area contributed by atoms with Crippen LogP contribution in [0.25, 0.3) is 0 Å². The number of Topliss-reactive ketones (excluding diaryl/α,β-unsaturated/α-hetero) is 1. The van der Waals surface area contributed by atoms with Crippen LogP contribution >= 0.6 is 0 Å². The van der Waals surface area contributed by atoms with Crippen LogP contribution in [0, 0.1) is 0 Å². The van der Waals surface area contributed by atoms with Crippen molar-refractivity contribution in [2.45, 2.75) is 38.2 Å². The second-order valence-electron chi connectivity index (χ2n) is 4.14. The molecule has 0 amide bonds. The zero-order chi connectivity index (χ0) is 11.2. The van der Waals surface area contributed by atoms with Crippen LogP contribution in [-0.2, 0) is 9.63 Å². The summed E-state index contributed by atoms with van der Waals surface area (Å²) in [5, 5.41) is 0. The van der Waals surface area contributed by atoms with Crippen molar-refractivity contribution in [2.24, 2.45) is 0 Å². The monoisotopic (exact) mass is 219 g/mol. The standard InChI is InChI=1S/C13H17NO2/c15-12-9-5-2-6-10-13(12)16-14-11-7-3-1-4-8-11/h1,3-4,7-8,13-14H,2,5-6,9-10H2. The van der Waals surface area contributed by atoms with E-state index in [0.717, 1.165) is 31.4 Å². The van der Waals surface area contributed by atoms with Crippen molar-refractivity contribution in [2.75, 3.05) is 5.48 Å². The van der Waals surface area contributed by atoms with E-state index >= 15 is 0 Å². The van der Waals surface area contributed by atoms with E-state index in [-0.39, 0.29) is 11.9 Å². The molecule has 3 heteroatoms. The molecule has 1 atom stereocenters. The molecule has 1 unspecified atom stereocenters. The molecule has 1 aromatic carbocycles. The molecule has 1 saturated carbocycles. The molecule has 0 radical (unpaired) electrons. The molecule has 1 fully saturated rings. The first-order chi connectivity index (χ1) is 7.86. The predicted octanol–water partition coefficient (Wildman–Crippen LogP) is 2.93. The molecular weight excluding hydrogens is 202 g/mol. The number of hydrogen-bond acceptors (Lipinski definition) is 3. The largest absolute Gasteiger partial charge is 0.297 e. The molecule has 86 valence electrons. The molecule has 1 aliphatic rings. The summed E-state index contributed by atoms with van der Waals surface area (Å²) in [5.74, 6) is 0.223. The highest BCUT2D eigenvalue weighted by Gasteiger charge is 2.21. The predicted molar refractivity (Wildman–Crippen MR) is 63.0 cm³/mol. The summed E-state index contributed by atoms with van der Waals surface area (Å²) < 4.78 is 0. The number of hydrogen-bond donors (Lipinski definition) is 1. The maximum absolute atomic E-state index is 11.7. The zero-order valence-electron chi connectivity index (χ0n) is 9.32. The fourth-order valence-corrected chi connectivity index (χ4v) is 1.90. The first kappa shape index (κ1) is 11.1. The third-order valence-electron chi connectivity index (χ3n) is 2.84. The van der Waals surface area contributed by atoms with Gasteiger partial charge in [-0.15, -0.1) is 0 Å². The minimum atomic E-state index is -0.275. The molecule has 0 aliphatic heterocycles. The fraction of sp³-hybridized carbons (Fsp3) is 0.462. The molecule has 3 nitrogen and oxygen atoms in total. The molecular formula is C13H17NO2. The maximum Gasteiger partial charge on any atom is 0.164 e. The van der Waals surface area contributed by atoms with Crippen molar-refractivity contribution in [3.05, 3.63) is 30.3 Å². The number of benzene rings is 1. The first-order valence-corrected chi connectivity index (χ1v) is 5.86. The summed E-state index contributed by atoms with van der Waals surface area (Å²) in [6.45, 7) is 0. The topological polar surface area (TPSA) is 38.3 Å². The van der Waals surface area contributed by atoms with Gasteiger partial charge in [0, 0.05) is 6.42 Å². The summed E-state index contributed by atoms with van der Waals surface area (Å²) >= 11 is 0. The van der Waals surface area contributed by atoms with E-state index in [2.05, 4.69) is 5.48 Å². The van der Waals surface area contributed by atoms with E-state index in [1.165, 1.54) is 0 Å². The van der Waals surface area contributed by atoms with Crippen LogP contribution in [0.15, 0.2) is 30.3 Å². The quantitative estimate of drug-likeness (QED) is 0.627. The normalized spacial score (nSPS) is 21.5. The number of carbonyl (C=O) groups is 1. The lowest BCUT2D eigenvalue weighted by molar-refractivity contribution is -0.128. The van der Waals surface area contributed by atoms with Gasteiger partial charge in [-0.1, -0.05) is 31.0 Å². The Hall–Kier alpha value is -1.35. The van der Waals surface area contributed by atoms with E-state index in [1.807, 2.05) is 30.3 Å². The molecule has 1 aliphatic carbocycles. The number of nitrogens with one attached hydrogen (secondary N) is 1. The number of carbonyl (C=O) groups excluding carboxylic acids is 1. The Morgan fingerprint density at radius 2 is 1.94 bits per heavy atom. The van der Waals surface area contributed by atoms with Crippen molar-refractivity contribution in [1.82, 2.24) is 0 Å². The lowest BCUT2D eigenvalue weighted by Crippen LogP contribution is -2.25. The molecule has 0 saturated heterocycles. The Kier molecular flexibility index (Phi) is 3.94. The van der Waals surface area contributed by atoms with Gasteiger partial charge in [-0.3, -0.25) is 15.1 Å². The molecule has 1 N–H and O–H groups in total. The van der Waals surface area contributed by atoms with Crippen LogP contribution in [0.4, 0.5) is 5.69 Å². The number of ketones is 1. The van der Waals surface area contributed by atoms with E-state index < -0.39 is 0 Å². The second kappa shape index (κ2) is 5.66. The highest BCUT2D eigenvalue weighted by atomic mass is 16.7. The van der Waals surface area contributed by atoms with Gasteiger partial charge < -0.3 is 0 Å². The molecule has 16 heavy (non-hydrogen) atoms. The smallest absolute Gasteiger partial charge is 0.164 e. The van der Waals surface area contributed by atoms with Gasteiger partial charge >= 0.3 is 0 Å². The van der Waals surface area contributed by atoms with Crippen molar-refractivity contribution in [1.29, 1.82) is 0 Å². The summed E-state index contributed by atoms with van der Waals surface area (Å²) in [7, 11) is 0. The van der Waals surface area contributed by atoms with Gasteiger partial charge in [-0.25, -0.2) is 0 Å².